The van der Waals surface area contributed by atoms with Crippen LogP contribution in [0.25, 0.3) is 0 Å². The third-order valence-corrected chi connectivity index (χ3v) is 5.52. The maximum Gasteiger partial charge on any atom is 0.309 e. The lowest BCUT2D eigenvalue weighted by Gasteiger charge is -2.40. The van der Waals surface area contributed by atoms with E-state index in [1.54, 1.807) is 0 Å². The maximum atomic E-state index is 11.9. The molecule has 0 spiro atoms. The number of hydrogen-bond acceptors (Lipinski definition) is 1. The lowest BCUT2D eigenvalue weighted by atomic mass is 9.63. The number of rotatable bonds is 8. The molecule has 1 fully saturated rings. The highest BCUT2D eigenvalue weighted by Crippen LogP contribution is 2.46. The third-order valence-electron chi connectivity index (χ3n) is 5.52. The minimum absolute atomic E-state index is 0.380. The van der Waals surface area contributed by atoms with Gasteiger partial charge in [-0.05, 0) is 31.1 Å². The van der Waals surface area contributed by atoms with Crippen molar-refractivity contribution in [2.45, 2.75) is 85.0 Å². The molecule has 0 aromatic carbocycles. The second-order valence-corrected chi connectivity index (χ2v) is 6.39. The fourth-order valence-electron chi connectivity index (χ4n) is 3.98. The van der Waals surface area contributed by atoms with Crippen LogP contribution in [0.4, 0.5) is 0 Å². The second-order valence-electron chi connectivity index (χ2n) is 6.39. The van der Waals surface area contributed by atoms with E-state index in [1.165, 1.54) is 25.7 Å². The van der Waals surface area contributed by atoms with Crippen molar-refractivity contribution in [2.24, 2.45) is 17.3 Å². The first kappa shape index (κ1) is 16.5. The van der Waals surface area contributed by atoms with Crippen molar-refractivity contribution < 1.29 is 9.90 Å². The summed E-state index contributed by atoms with van der Waals surface area (Å²) < 4.78 is 0. The first-order valence-corrected chi connectivity index (χ1v) is 8.34. The van der Waals surface area contributed by atoms with Crippen molar-refractivity contribution in [3.05, 3.63) is 0 Å². The van der Waals surface area contributed by atoms with E-state index in [2.05, 4.69) is 20.8 Å². The molecule has 0 heterocycles. The van der Waals surface area contributed by atoms with Crippen molar-refractivity contribution in [2.75, 3.05) is 0 Å². The number of aliphatic carboxylic acids is 1. The van der Waals surface area contributed by atoms with Gasteiger partial charge in [0.1, 0.15) is 0 Å². The fraction of sp³-hybridized carbons (Fsp3) is 0.941. The van der Waals surface area contributed by atoms with Gasteiger partial charge in [-0.25, -0.2) is 0 Å². The van der Waals surface area contributed by atoms with Gasteiger partial charge < -0.3 is 5.11 Å². The van der Waals surface area contributed by atoms with Gasteiger partial charge in [0.2, 0.25) is 0 Å². The lowest BCUT2D eigenvalue weighted by molar-refractivity contribution is -0.156. The highest BCUT2D eigenvalue weighted by atomic mass is 16.4. The van der Waals surface area contributed by atoms with Crippen LogP contribution in [0.2, 0.25) is 0 Å². The third kappa shape index (κ3) is 3.97. The van der Waals surface area contributed by atoms with Gasteiger partial charge in [-0.2, -0.15) is 0 Å². The summed E-state index contributed by atoms with van der Waals surface area (Å²) in [5, 5.41) is 9.77. The first-order valence-electron chi connectivity index (χ1n) is 8.34. The molecule has 2 heteroatoms. The number of carbonyl (C=O) groups is 1. The van der Waals surface area contributed by atoms with E-state index in [0.29, 0.717) is 5.92 Å². The Hall–Kier alpha value is -0.530. The molecule has 0 saturated heterocycles. The Morgan fingerprint density at radius 2 is 1.58 bits per heavy atom. The molecule has 0 amide bonds. The summed E-state index contributed by atoms with van der Waals surface area (Å²) in [5.74, 6) is 0.637. The Morgan fingerprint density at radius 1 is 1.00 bits per heavy atom. The molecule has 19 heavy (non-hydrogen) atoms. The Labute approximate surface area is 119 Å². The van der Waals surface area contributed by atoms with Crippen molar-refractivity contribution in [1.82, 2.24) is 0 Å². The highest BCUT2D eigenvalue weighted by molar-refractivity contribution is 5.75. The van der Waals surface area contributed by atoms with Gasteiger partial charge in [-0.3, -0.25) is 4.79 Å². The molecular formula is C17H32O2. The molecule has 1 N–H and O–H groups in total. The molecule has 1 aliphatic carbocycles. The molecule has 1 saturated carbocycles. The van der Waals surface area contributed by atoms with E-state index in [1.807, 2.05) is 0 Å². The molecule has 0 aromatic heterocycles. The van der Waals surface area contributed by atoms with Crippen LogP contribution in [0, 0.1) is 17.3 Å². The van der Waals surface area contributed by atoms with Crippen molar-refractivity contribution in [3.63, 3.8) is 0 Å². The molecule has 1 atom stereocenters. The zero-order chi connectivity index (χ0) is 14.3. The quantitative estimate of drug-likeness (QED) is 0.651. The second kappa shape index (κ2) is 7.91. The van der Waals surface area contributed by atoms with Crippen LogP contribution in [-0.2, 0) is 4.79 Å². The largest absolute Gasteiger partial charge is 0.481 e. The Morgan fingerprint density at radius 3 is 2.00 bits per heavy atom. The maximum absolute atomic E-state index is 11.9. The van der Waals surface area contributed by atoms with E-state index >= 15 is 0 Å². The molecule has 0 radical (unpaired) electrons. The SMILES string of the molecule is CCC(CC)CCC(CC)C1(C(=O)O)CCCCC1. The zero-order valence-electron chi connectivity index (χ0n) is 13.1. The first-order chi connectivity index (χ1) is 9.10. The predicted octanol–water partition coefficient (Wildman–Crippen LogP) is 5.26. The van der Waals surface area contributed by atoms with Crippen LogP contribution in [0.5, 0.6) is 0 Å². The number of carboxylic acid groups (broad SMARTS) is 1. The van der Waals surface area contributed by atoms with E-state index in [-0.39, 0.29) is 0 Å². The van der Waals surface area contributed by atoms with Crippen molar-refractivity contribution in [1.29, 1.82) is 0 Å². The molecular weight excluding hydrogens is 236 g/mol. The monoisotopic (exact) mass is 268 g/mol. The van der Waals surface area contributed by atoms with Crippen LogP contribution in [-0.4, -0.2) is 11.1 Å². The topological polar surface area (TPSA) is 37.3 Å². The Balaban J connectivity index is 2.71. The summed E-state index contributed by atoms with van der Waals surface area (Å²) in [6.07, 6.45) is 11.0. The van der Waals surface area contributed by atoms with Crippen molar-refractivity contribution >= 4 is 5.97 Å². The molecule has 1 unspecified atom stereocenters. The van der Waals surface area contributed by atoms with Gasteiger partial charge in [0.25, 0.3) is 0 Å². The van der Waals surface area contributed by atoms with Crippen LogP contribution in [0.1, 0.15) is 85.0 Å². The average Bonchev–Trinajstić information content (AvgIpc) is 2.44. The normalized spacial score (nSPS) is 20.4. The molecule has 0 aliphatic heterocycles. The van der Waals surface area contributed by atoms with E-state index < -0.39 is 11.4 Å². The van der Waals surface area contributed by atoms with Gasteiger partial charge in [0.05, 0.1) is 5.41 Å². The van der Waals surface area contributed by atoms with E-state index in [4.69, 9.17) is 0 Å². The smallest absolute Gasteiger partial charge is 0.309 e. The van der Waals surface area contributed by atoms with Crippen molar-refractivity contribution in [3.8, 4) is 0 Å². The molecule has 0 bridgehead atoms. The molecule has 0 aromatic rings. The van der Waals surface area contributed by atoms with Crippen LogP contribution in [0.15, 0.2) is 0 Å². The Kier molecular flexibility index (Phi) is 6.88. The van der Waals surface area contributed by atoms with E-state index in [0.717, 1.165) is 44.4 Å². The summed E-state index contributed by atoms with van der Waals surface area (Å²) >= 11 is 0. The van der Waals surface area contributed by atoms with Gasteiger partial charge in [-0.15, -0.1) is 0 Å². The van der Waals surface area contributed by atoms with Gasteiger partial charge >= 0.3 is 5.97 Å². The van der Waals surface area contributed by atoms with Gasteiger partial charge in [0.15, 0.2) is 0 Å². The summed E-state index contributed by atoms with van der Waals surface area (Å²) in [6.45, 7) is 6.68. The average molecular weight is 268 g/mol. The standard InChI is InChI=1S/C17H32O2/c1-4-14(5-2)10-11-15(6-3)17(16(18)19)12-8-7-9-13-17/h14-15H,4-13H2,1-3H3,(H,18,19). The van der Waals surface area contributed by atoms with Gasteiger partial charge in [0, 0.05) is 0 Å². The molecule has 2 nitrogen and oxygen atoms in total. The molecule has 1 rings (SSSR count). The van der Waals surface area contributed by atoms with Crippen LogP contribution in [0.3, 0.4) is 0 Å². The number of carboxylic acids is 1. The van der Waals surface area contributed by atoms with Crippen LogP contribution >= 0.6 is 0 Å². The minimum atomic E-state index is -0.524. The number of hydrogen-bond donors (Lipinski definition) is 1. The lowest BCUT2D eigenvalue weighted by Crippen LogP contribution is -2.40. The van der Waals surface area contributed by atoms with Gasteiger partial charge in [-0.1, -0.05) is 65.7 Å². The summed E-state index contributed by atoms with van der Waals surface area (Å²) in [7, 11) is 0. The highest BCUT2D eigenvalue weighted by Gasteiger charge is 2.45. The fourth-order valence-corrected chi connectivity index (χ4v) is 3.98. The van der Waals surface area contributed by atoms with E-state index in [9.17, 15) is 9.90 Å². The zero-order valence-corrected chi connectivity index (χ0v) is 13.1. The molecule has 112 valence electrons. The predicted molar refractivity (Wildman–Crippen MR) is 80.2 cm³/mol. The van der Waals surface area contributed by atoms with Crippen LogP contribution < -0.4 is 0 Å². The molecule has 1 aliphatic rings. The minimum Gasteiger partial charge on any atom is -0.481 e. The summed E-state index contributed by atoms with van der Waals surface area (Å²) in [5.41, 5.74) is -0.404. The summed E-state index contributed by atoms with van der Waals surface area (Å²) in [4.78, 5) is 11.9. The summed E-state index contributed by atoms with van der Waals surface area (Å²) in [6, 6.07) is 0. The Bertz CT molecular complexity index is 262.